The lowest BCUT2D eigenvalue weighted by Gasteiger charge is -2.29. The summed E-state index contributed by atoms with van der Waals surface area (Å²) >= 11 is 0.171. The number of rotatable bonds is 6. The second-order valence-electron chi connectivity index (χ2n) is 5.75. The largest absolute Gasteiger partial charge is 0.452 e. The van der Waals surface area contributed by atoms with Crippen LogP contribution >= 0.6 is 11.8 Å². The number of nitrogens with zero attached hydrogens (tertiary/aromatic N) is 1. The minimum absolute atomic E-state index is 0.0679. The molecule has 1 aliphatic rings. The van der Waals surface area contributed by atoms with Crippen molar-refractivity contribution >= 4 is 23.6 Å². The smallest absolute Gasteiger partial charge is 0.341 e. The molecule has 0 saturated heterocycles. The van der Waals surface area contributed by atoms with Crippen LogP contribution in [0.5, 0.6) is 0 Å². The number of hydrogen-bond acceptors (Lipinski definition) is 5. The molecule has 2 rings (SSSR count). The summed E-state index contributed by atoms with van der Waals surface area (Å²) in [6.45, 7) is 1.65. The molecule has 1 fully saturated rings. The summed E-state index contributed by atoms with van der Waals surface area (Å²) in [5, 5.41) is 2.75. The Labute approximate surface area is 143 Å². The number of pyridine rings is 1. The quantitative estimate of drug-likeness (QED) is 0.624. The van der Waals surface area contributed by atoms with Crippen LogP contribution in [0.2, 0.25) is 0 Å². The van der Waals surface area contributed by atoms with Crippen LogP contribution < -0.4 is 5.32 Å². The second-order valence-corrected chi connectivity index (χ2v) is 6.73. The van der Waals surface area contributed by atoms with Crippen molar-refractivity contribution < 1.29 is 23.1 Å². The van der Waals surface area contributed by atoms with Crippen LogP contribution in [0.3, 0.4) is 0 Å². The number of hydrogen-bond donors (Lipinski definition) is 1. The summed E-state index contributed by atoms with van der Waals surface area (Å²) in [5.74, 6) is -3.51. The van der Waals surface area contributed by atoms with Crippen LogP contribution in [0.1, 0.15) is 43.0 Å². The molecule has 1 aliphatic carbocycles. The molecule has 1 heterocycles. The molecule has 0 aromatic carbocycles. The Morgan fingerprint density at radius 3 is 2.88 bits per heavy atom. The lowest BCUT2D eigenvalue weighted by Crippen LogP contribution is -2.42. The molecule has 0 radical (unpaired) electrons. The molecule has 8 heteroatoms. The Kier molecular flexibility index (Phi) is 6.96. The molecule has 0 bridgehead atoms. The molecule has 24 heavy (non-hydrogen) atoms. The highest BCUT2D eigenvalue weighted by Gasteiger charge is 2.24. The summed E-state index contributed by atoms with van der Waals surface area (Å²) in [6.07, 6.45) is 5.53. The first-order chi connectivity index (χ1) is 11.5. The standard InChI is InChI=1S/C16H20F2N2O3S/c1-10-5-2-3-7-12(10)20-13(21)9-23-15(22)11-6-4-8-19-14(11)24-16(17)18/h4,6,8,10,12,16H,2-3,5,7,9H2,1H3,(H,20,21)/t10-,12+/m1/s1. The van der Waals surface area contributed by atoms with Crippen LogP contribution in [0.4, 0.5) is 8.78 Å². The van der Waals surface area contributed by atoms with Crippen LogP contribution in [0, 0.1) is 5.92 Å². The topological polar surface area (TPSA) is 68.3 Å². The number of aromatic nitrogens is 1. The Balaban J connectivity index is 1.87. The minimum Gasteiger partial charge on any atom is -0.452 e. The molecule has 1 aromatic heterocycles. The van der Waals surface area contributed by atoms with Gasteiger partial charge in [-0.05, 0) is 42.7 Å². The van der Waals surface area contributed by atoms with Gasteiger partial charge >= 0.3 is 5.97 Å². The van der Waals surface area contributed by atoms with Crippen molar-refractivity contribution in [3.63, 3.8) is 0 Å². The summed E-state index contributed by atoms with van der Waals surface area (Å²) in [7, 11) is 0. The number of ether oxygens (including phenoxy) is 1. The van der Waals surface area contributed by atoms with Gasteiger partial charge in [-0.1, -0.05) is 19.8 Å². The van der Waals surface area contributed by atoms with Gasteiger partial charge in [-0.3, -0.25) is 4.79 Å². The van der Waals surface area contributed by atoms with E-state index in [9.17, 15) is 18.4 Å². The van der Waals surface area contributed by atoms with E-state index < -0.39 is 18.3 Å². The average Bonchev–Trinajstić information content (AvgIpc) is 2.55. The molecule has 1 N–H and O–H groups in total. The molecule has 1 saturated carbocycles. The molecule has 1 aromatic rings. The Morgan fingerprint density at radius 1 is 1.42 bits per heavy atom. The average molecular weight is 358 g/mol. The monoisotopic (exact) mass is 358 g/mol. The van der Waals surface area contributed by atoms with Gasteiger partial charge in [0.15, 0.2) is 6.61 Å². The molecular weight excluding hydrogens is 338 g/mol. The van der Waals surface area contributed by atoms with Crippen LogP contribution in [-0.4, -0.2) is 35.3 Å². The number of nitrogens with one attached hydrogen (secondary N) is 1. The number of amides is 1. The van der Waals surface area contributed by atoms with Gasteiger partial charge in [0.25, 0.3) is 11.7 Å². The summed E-state index contributed by atoms with van der Waals surface area (Å²) < 4.78 is 29.9. The third kappa shape index (κ3) is 5.43. The van der Waals surface area contributed by atoms with Gasteiger partial charge in [0.1, 0.15) is 5.03 Å². The fourth-order valence-electron chi connectivity index (χ4n) is 2.71. The Morgan fingerprint density at radius 2 is 2.17 bits per heavy atom. The van der Waals surface area contributed by atoms with Crippen molar-refractivity contribution in [3.8, 4) is 0 Å². The number of alkyl halides is 2. The summed E-state index contributed by atoms with van der Waals surface area (Å²) in [5.41, 5.74) is -0.0679. The van der Waals surface area contributed by atoms with Crippen LogP contribution in [-0.2, 0) is 9.53 Å². The van der Waals surface area contributed by atoms with Gasteiger partial charge in [0.05, 0.1) is 5.56 Å². The Bertz CT molecular complexity index is 586. The van der Waals surface area contributed by atoms with Crippen molar-refractivity contribution in [3.05, 3.63) is 23.9 Å². The van der Waals surface area contributed by atoms with E-state index in [1.54, 1.807) is 0 Å². The van der Waals surface area contributed by atoms with Gasteiger partial charge in [-0.2, -0.15) is 8.78 Å². The highest BCUT2D eigenvalue weighted by atomic mass is 32.2. The first-order valence-electron chi connectivity index (χ1n) is 7.83. The highest BCUT2D eigenvalue weighted by molar-refractivity contribution is 7.99. The minimum atomic E-state index is -2.69. The number of carbonyl (C=O) groups excluding carboxylic acids is 2. The maximum atomic E-state index is 12.5. The first-order valence-corrected chi connectivity index (χ1v) is 8.71. The van der Waals surface area contributed by atoms with E-state index in [4.69, 9.17) is 4.74 Å². The van der Waals surface area contributed by atoms with E-state index in [0.29, 0.717) is 5.92 Å². The molecular formula is C16H20F2N2O3S. The zero-order chi connectivity index (χ0) is 17.5. The molecule has 0 aliphatic heterocycles. The van der Waals surface area contributed by atoms with E-state index in [0.717, 1.165) is 25.7 Å². The van der Waals surface area contributed by atoms with Crippen molar-refractivity contribution in [2.24, 2.45) is 5.92 Å². The molecule has 0 spiro atoms. The fraction of sp³-hybridized carbons (Fsp3) is 0.562. The lowest BCUT2D eigenvalue weighted by atomic mass is 9.86. The van der Waals surface area contributed by atoms with E-state index in [2.05, 4.69) is 17.2 Å². The number of esters is 1. The van der Waals surface area contributed by atoms with E-state index in [1.165, 1.54) is 18.3 Å². The third-order valence-corrected chi connectivity index (χ3v) is 4.71. The van der Waals surface area contributed by atoms with E-state index in [1.807, 2.05) is 0 Å². The predicted molar refractivity (Wildman–Crippen MR) is 85.9 cm³/mol. The zero-order valence-corrected chi connectivity index (χ0v) is 14.2. The lowest BCUT2D eigenvalue weighted by molar-refractivity contribution is -0.125. The predicted octanol–water partition coefficient (Wildman–Crippen LogP) is 3.25. The Hall–Kier alpha value is -1.70. The van der Waals surface area contributed by atoms with E-state index >= 15 is 0 Å². The summed E-state index contributed by atoms with van der Waals surface area (Å²) in [6, 6.07) is 2.89. The molecule has 1 amide bonds. The highest BCUT2D eigenvalue weighted by Crippen LogP contribution is 2.27. The fourth-order valence-corrected chi connectivity index (χ4v) is 3.28. The first kappa shape index (κ1) is 18.6. The van der Waals surface area contributed by atoms with E-state index in [-0.39, 0.29) is 34.3 Å². The molecule has 5 nitrogen and oxygen atoms in total. The van der Waals surface area contributed by atoms with Gasteiger partial charge in [-0.15, -0.1) is 0 Å². The van der Waals surface area contributed by atoms with Crippen LogP contribution in [0.15, 0.2) is 23.4 Å². The number of thioether (sulfide) groups is 1. The third-order valence-electron chi connectivity index (χ3n) is 3.98. The van der Waals surface area contributed by atoms with Gasteiger partial charge < -0.3 is 10.1 Å². The molecule has 132 valence electrons. The normalized spacial score (nSPS) is 20.7. The van der Waals surface area contributed by atoms with Crippen molar-refractivity contribution in [2.75, 3.05) is 6.61 Å². The maximum Gasteiger partial charge on any atom is 0.341 e. The van der Waals surface area contributed by atoms with Gasteiger partial charge in [-0.25, -0.2) is 9.78 Å². The molecule has 0 unspecified atom stereocenters. The summed E-state index contributed by atoms with van der Waals surface area (Å²) in [4.78, 5) is 27.7. The maximum absolute atomic E-state index is 12.5. The van der Waals surface area contributed by atoms with Crippen molar-refractivity contribution in [1.82, 2.24) is 10.3 Å². The van der Waals surface area contributed by atoms with Gasteiger partial charge in [0.2, 0.25) is 0 Å². The number of carbonyl (C=O) groups is 2. The second kappa shape index (κ2) is 8.96. The SMILES string of the molecule is C[C@@H]1CCCC[C@@H]1NC(=O)COC(=O)c1cccnc1SC(F)F. The van der Waals surface area contributed by atoms with Crippen molar-refractivity contribution in [1.29, 1.82) is 0 Å². The number of halogens is 2. The van der Waals surface area contributed by atoms with Gasteiger partial charge in [0, 0.05) is 12.2 Å². The van der Waals surface area contributed by atoms with Crippen molar-refractivity contribution in [2.45, 2.75) is 49.4 Å². The molecule has 2 atom stereocenters. The zero-order valence-electron chi connectivity index (χ0n) is 13.3. The van der Waals surface area contributed by atoms with Crippen LogP contribution in [0.25, 0.3) is 0 Å².